The number of hydrogen-bond donors (Lipinski definition) is 1. The highest BCUT2D eigenvalue weighted by atomic mass is 32.2. The van der Waals surface area contributed by atoms with Gasteiger partial charge in [0.05, 0.1) is 11.5 Å². The molecule has 2 saturated heterocycles. The van der Waals surface area contributed by atoms with Crippen molar-refractivity contribution in [2.75, 3.05) is 24.6 Å². The van der Waals surface area contributed by atoms with Crippen molar-refractivity contribution >= 4 is 9.84 Å². The summed E-state index contributed by atoms with van der Waals surface area (Å²) in [7, 11) is -2.77. The Labute approximate surface area is 111 Å². The number of rotatable bonds is 1. The van der Waals surface area contributed by atoms with E-state index in [0.29, 0.717) is 30.6 Å². The van der Waals surface area contributed by atoms with Gasteiger partial charge in [-0.3, -0.25) is 4.90 Å². The average molecular weight is 274 g/mol. The Morgan fingerprint density at radius 1 is 1.00 bits per heavy atom. The van der Waals surface area contributed by atoms with Gasteiger partial charge in [-0.25, -0.2) is 8.42 Å². The van der Waals surface area contributed by atoms with E-state index in [0.717, 1.165) is 12.8 Å². The molecule has 2 aliphatic heterocycles. The molecule has 0 aromatic carbocycles. The van der Waals surface area contributed by atoms with Crippen LogP contribution < -0.4 is 5.32 Å². The summed E-state index contributed by atoms with van der Waals surface area (Å²) in [6.45, 7) is 10.4. The number of sulfone groups is 1. The van der Waals surface area contributed by atoms with E-state index >= 15 is 0 Å². The topological polar surface area (TPSA) is 49.4 Å². The van der Waals surface area contributed by atoms with Gasteiger partial charge in [-0.05, 0) is 40.5 Å². The summed E-state index contributed by atoms with van der Waals surface area (Å²) in [5.41, 5.74) is 0.255. The van der Waals surface area contributed by atoms with Gasteiger partial charge in [0, 0.05) is 30.2 Å². The molecule has 0 aliphatic carbocycles. The number of piperidine rings is 1. The van der Waals surface area contributed by atoms with Gasteiger partial charge in [-0.15, -0.1) is 0 Å². The number of nitrogens with one attached hydrogen (secondary N) is 1. The molecule has 4 nitrogen and oxygen atoms in total. The molecule has 0 unspecified atom stereocenters. The zero-order valence-corrected chi connectivity index (χ0v) is 12.8. The van der Waals surface area contributed by atoms with E-state index in [2.05, 4.69) is 37.9 Å². The molecule has 0 bridgehead atoms. The molecular formula is C13H26N2O2S. The molecule has 0 atom stereocenters. The summed E-state index contributed by atoms with van der Waals surface area (Å²) >= 11 is 0. The summed E-state index contributed by atoms with van der Waals surface area (Å²) in [5.74, 6) is 0.662. The van der Waals surface area contributed by atoms with Crippen molar-refractivity contribution < 1.29 is 8.42 Å². The van der Waals surface area contributed by atoms with Crippen molar-refractivity contribution in [2.24, 2.45) is 0 Å². The Morgan fingerprint density at radius 3 is 1.89 bits per heavy atom. The van der Waals surface area contributed by atoms with Gasteiger partial charge < -0.3 is 5.32 Å². The fourth-order valence-electron chi connectivity index (χ4n) is 3.62. The van der Waals surface area contributed by atoms with Crippen molar-refractivity contribution in [3.05, 3.63) is 0 Å². The minimum absolute atomic E-state index is 0.128. The van der Waals surface area contributed by atoms with Crippen LogP contribution in [0.3, 0.4) is 0 Å². The lowest BCUT2D eigenvalue weighted by Crippen LogP contribution is -2.63. The third-order valence-electron chi connectivity index (χ3n) is 4.06. The second kappa shape index (κ2) is 4.46. The predicted molar refractivity (Wildman–Crippen MR) is 74.5 cm³/mol. The second-order valence-corrected chi connectivity index (χ2v) is 9.45. The molecule has 0 radical (unpaired) electrons. The smallest absolute Gasteiger partial charge is 0.152 e. The maximum absolute atomic E-state index is 11.5. The Hall–Kier alpha value is -0.130. The Morgan fingerprint density at radius 2 is 1.44 bits per heavy atom. The summed E-state index contributed by atoms with van der Waals surface area (Å²) in [6, 6.07) is 0.506. The molecular weight excluding hydrogens is 248 g/mol. The zero-order chi connectivity index (χ0) is 13.6. The van der Waals surface area contributed by atoms with Crippen LogP contribution in [-0.2, 0) is 9.84 Å². The Balaban J connectivity index is 2.05. The van der Waals surface area contributed by atoms with E-state index in [-0.39, 0.29) is 11.1 Å². The third-order valence-corrected chi connectivity index (χ3v) is 5.67. The van der Waals surface area contributed by atoms with E-state index in [1.54, 1.807) is 0 Å². The van der Waals surface area contributed by atoms with Crippen LogP contribution in [0.1, 0.15) is 40.5 Å². The summed E-state index contributed by atoms with van der Waals surface area (Å²) in [4.78, 5) is 2.38. The van der Waals surface area contributed by atoms with Crippen LogP contribution in [0.25, 0.3) is 0 Å². The lowest BCUT2D eigenvalue weighted by Gasteiger charge is -2.50. The Kier molecular flexibility index (Phi) is 3.54. The molecule has 0 amide bonds. The SMILES string of the molecule is CC1(C)CC(N2CCS(=O)(=O)CC2)CC(C)(C)N1. The molecule has 0 spiro atoms. The van der Waals surface area contributed by atoms with Crippen molar-refractivity contribution in [3.63, 3.8) is 0 Å². The third kappa shape index (κ3) is 3.45. The lowest BCUT2D eigenvalue weighted by atomic mass is 9.79. The largest absolute Gasteiger partial charge is 0.307 e. The lowest BCUT2D eigenvalue weighted by molar-refractivity contribution is 0.0714. The van der Waals surface area contributed by atoms with Crippen LogP contribution in [0, 0.1) is 0 Å². The normalized spacial score (nSPS) is 32.2. The highest BCUT2D eigenvalue weighted by Gasteiger charge is 2.40. The van der Waals surface area contributed by atoms with E-state index in [1.807, 2.05) is 0 Å². The molecule has 0 aromatic rings. The summed E-state index contributed by atoms with van der Waals surface area (Å²) in [6.07, 6.45) is 2.19. The molecule has 2 fully saturated rings. The van der Waals surface area contributed by atoms with Gasteiger partial charge in [-0.2, -0.15) is 0 Å². The highest BCUT2D eigenvalue weighted by Crippen LogP contribution is 2.32. The van der Waals surface area contributed by atoms with Gasteiger partial charge in [0.1, 0.15) is 0 Å². The highest BCUT2D eigenvalue weighted by molar-refractivity contribution is 7.91. The molecule has 0 saturated carbocycles. The van der Waals surface area contributed by atoms with Crippen molar-refractivity contribution in [2.45, 2.75) is 57.7 Å². The first-order valence-corrected chi connectivity index (χ1v) is 8.65. The first kappa shape index (κ1) is 14.3. The second-order valence-electron chi connectivity index (χ2n) is 7.14. The maximum Gasteiger partial charge on any atom is 0.152 e. The van der Waals surface area contributed by atoms with Crippen LogP contribution >= 0.6 is 0 Å². The zero-order valence-electron chi connectivity index (χ0n) is 12.0. The van der Waals surface area contributed by atoms with Gasteiger partial charge in [0.25, 0.3) is 0 Å². The van der Waals surface area contributed by atoms with E-state index in [9.17, 15) is 8.42 Å². The predicted octanol–water partition coefficient (Wildman–Crippen LogP) is 1.03. The fourth-order valence-corrected chi connectivity index (χ4v) is 4.85. The van der Waals surface area contributed by atoms with Gasteiger partial charge in [-0.1, -0.05) is 0 Å². The molecule has 0 aromatic heterocycles. The minimum Gasteiger partial charge on any atom is -0.307 e. The van der Waals surface area contributed by atoms with E-state index in [1.165, 1.54) is 0 Å². The van der Waals surface area contributed by atoms with Crippen LogP contribution in [0.4, 0.5) is 0 Å². The van der Waals surface area contributed by atoms with Crippen LogP contribution in [-0.4, -0.2) is 55.0 Å². The minimum atomic E-state index is -2.77. The fraction of sp³-hybridized carbons (Fsp3) is 1.00. The van der Waals surface area contributed by atoms with E-state index < -0.39 is 9.84 Å². The van der Waals surface area contributed by atoms with Crippen LogP contribution in [0.5, 0.6) is 0 Å². The monoisotopic (exact) mass is 274 g/mol. The first-order valence-electron chi connectivity index (χ1n) is 6.82. The number of nitrogens with zero attached hydrogens (tertiary/aromatic N) is 1. The molecule has 1 N–H and O–H groups in total. The Bertz CT molecular complexity index is 385. The van der Waals surface area contributed by atoms with Crippen molar-refractivity contribution in [1.82, 2.24) is 10.2 Å². The molecule has 106 valence electrons. The molecule has 2 rings (SSSR count). The van der Waals surface area contributed by atoms with Crippen LogP contribution in [0.2, 0.25) is 0 Å². The summed E-state index contributed by atoms with van der Waals surface area (Å²) in [5, 5.41) is 3.67. The molecule has 18 heavy (non-hydrogen) atoms. The van der Waals surface area contributed by atoms with Crippen molar-refractivity contribution in [1.29, 1.82) is 0 Å². The van der Waals surface area contributed by atoms with Gasteiger partial charge in [0.2, 0.25) is 0 Å². The quantitative estimate of drug-likeness (QED) is 0.776. The van der Waals surface area contributed by atoms with E-state index in [4.69, 9.17) is 0 Å². The average Bonchev–Trinajstić information content (AvgIpc) is 2.12. The maximum atomic E-state index is 11.5. The van der Waals surface area contributed by atoms with Gasteiger partial charge >= 0.3 is 0 Å². The standard InChI is InChI=1S/C13H26N2O2S/c1-12(2)9-11(10-13(3,4)14-12)15-5-7-18(16,17)8-6-15/h11,14H,5-10H2,1-4H3. The molecule has 2 aliphatic rings. The first-order chi connectivity index (χ1) is 8.09. The number of hydrogen-bond acceptors (Lipinski definition) is 4. The van der Waals surface area contributed by atoms with Crippen molar-refractivity contribution in [3.8, 4) is 0 Å². The summed E-state index contributed by atoms with van der Waals surface area (Å²) < 4.78 is 23.0. The van der Waals surface area contributed by atoms with Gasteiger partial charge in [0.15, 0.2) is 9.84 Å². The molecule has 2 heterocycles. The molecule has 5 heteroatoms. The van der Waals surface area contributed by atoms with Crippen LogP contribution in [0.15, 0.2) is 0 Å².